The van der Waals surface area contributed by atoms with Gasteiger partial charge in [0.15, 0.2) is 15.0 Å². The first-order valence-corrected chi connectivity index (χ1v) is 11.1. The summed E-state index contributed by atoms with van der Waals surface area (Å²) in [7, 11) is -3.18. The molecule has 2 fully saturated rings. The van der Waals surface area contributed by atoms with E-state index in [0.717, 1.165) is 0 Å². The van der Waals surface area contributed by atoms with Gasteiger partial charge in [-0.2, -0.15) is 4.99 Å². The maximum atomic E-state index is 12.0. The van der Waals surface area contributed by atoms with E-state index in [0.29, 0.717) is 20.9 Å². The van der Waals surface area contributed by atoms with Gasteiger partial charge in [0.25, 0.3) is 0 Å². The number of carboxylic acids is 1. The number of aliphatic imine (C=N–C) groups is 1. The van der Waals surface area contributed by atoms with Gasteiger partial charge in [-0.25, -0.2) is 8.42 Å². The van der Waals surface area contributed by atoms with E-state index in [1.807, 2.05) is 0 Å². The number of amides is 1. The summed E-state index contributed by atoms with van der Waals surface area (Å²) in [6.07, 6.45) is -0.531. The monoisotopic (exact) mass is 436 g/mol. The lowest BCUT2D eigenvalue weighted by molar-refractivity contribution is -0.138. The van der Waals surface area contributed by atoms with Crippen molar-refractivity contribution in [3.05, 3.63) is 28.2 Å². The zero-order valence-corrected chi connectivity index (χ0v) is 16.4. The fourth-order valence-electron chi connectivity index (χ4n) is 2.88. The average molecular weight is 437 g/mol. The first-order valence-electron chi connectivity index (χ1n) is 7.61. The molecule has 0 aromatic heterocycles. The fraction of sp³-hybridized carbons (Fsp3) is 0.400. The van der Waals surface area contributed by atoms with E-state index < -0.39 is 21.7 Å². The molecule has 0 aliphatic carbocycles. The summed E-state index contributed by atoms with van der Waals surface area (Å²) >= 11 is 13.2. The minimum Gasteiger partial charge on any atom is -0.481 e. The molecule has 2 heterocycles. The third-order valence-electron chi connectivity index (χ3n) is 4.02. The van der Waals surface area contributed by atoms with Crippen LogP contribution in [0.4, 0.5) is 5.69 Å². The molecule has 0 unspecified atom stereocenters. The molecule has 11 heteroatoms. The fourth-order valence-corrected chi connectivity index (χ4v) is 7.10. The number of nitrogens with zero attached hydrogens (tertiary/aromatic N) is 2. The van der Waals surface area contributed by atoms with Gasteiger partial charge in [0.2, 0.25) is 5.91 Å². The lowest BCUT2D eigenvalue weighted by Gasteiger charge is -2.24. The zero-order valence-electron chi connectivity index (χ0n) is 13.3. The van der Waals surface area contributed by atoms with Crippen LogP contribution in [-0.4, -0.2) is 53.4 Å². The van der Waals surface area contributed by atoms with Gasteiger partial charge in [0.1, 0.15) is 0 Å². The Labute approximate surface area is 164 Å². The molecule has 140 valence electrons. The molecule has 0 spiro atoms. The van der Waals surface area contributed by atoms with Crippen LogP contribution < -0.4 is 4.90 Å². The van der Waals surface area contributed by atoms with Crippen molar-refractivity contribution in [1.29, 1.82) is 0 Å². The highest BCUT2D eigenvalue weighted by Gasteiger charge is 2.49. The maximum absolute atomic E-state index is 12.0. The SMILES string of the molecule is O=C(O)CCC(=O)N=C1S[C@@H]2CS(=O)(=O)C[C@@H]2N1c1ccc(Cl)c(Cl)c1. The van der Waals surface area contributed by atoms with Crippen LogP contribution in [0.25, 0.3) is 0 Å². The highest BCUT2D eigenvalue weighted by atomic mass is 35.5. The Kier molecular flexibility index (Phi) is 5.53. The number of benzene rings is 1. The Morgan fingerprint density at radius 3 is 2.62 bits per heavy atom. The molecular formula is C15H14Cl2N2O5S2. The van der Waals surface area contributed by atoms with Crippen LogP contribution in [0.3, 0.4) is 0 Å². The summed E-state index contributed by atoms with van der Waals surface area (Å²) in [5, 5.41) is 9.45. The van der Waals surface area contributed by atoms with E-state index in [-0.39, 0.29) is 35.6 Å². The second-order valence-electron chi connectivity index (χ2n) is 5.95. The van der Waals surface area contributed by atoms with Crippen molar-refractivity contribution in [2.75, 3.05) is 16.4 Å². The predicted molar refractivity (Wildman–Crippen MR) is 102 cm³/mol. The third kappa shape index (κ3) is 4.16. The number of hydrogen-bond acceptors (Lipinski definition) is 5. The standard InChI is InChI=1S/C15H14Cl2N2O5S2/c16-9-2-1-8(5-10(9)17)19-11-6-26(23,24)7-12(11)25-15(19)18-13(20)3-4-14(21)22/h1-2,5,11-12H,3-4,6-7H2,(H,21,22)/t11-,12+/m0/s1. The maximum Gasteiger partial charge on any atom is 0.303 e. The summed E-state index contributed by atoms with van der Waals surface area (Å²) in [4.78, 5) is 28.3. The quantitative estimate of drug-likeness (QED) is 0.772. The summed E-state index contributed by atoms with van der Waals surface area (Å²) in [5.41, 5.74) is 0.585. The van der Waals surface area contributed by atoms with Crippen molar-refractivity contribution in [3.63, 3.8) is 0 Å². The molecule has 1 aromatic rings. The number of rotatable bonds is 4. The number of fused-ring (bicyclic) bond motifs is 1. The van der Waals surface area contributed by atoms with Gasteiger partial charge >= 0.3 is 5.97 Å². The Morgan fingerprint density at radius 1 is 1.23 bits per heavy atom. The molecule has 1 aromatic carbocycles. The molecule has 1 N–H and O–H groups in total. The molecule has 2 saturated heterocycles. The Balaban J connectivity index is 1.94. The summed E-state index contributed by atoms with van der Waals surface area (Å²) in [6, 6.07) is 4.49. The average Bonchev–Trinajstić information content (AvgIpc) is 2.99. The number of anilines is 1. The van der Waals surface area contributed by atoms with E-state index >= 15 is 0 Å². The summed E-state index contributed by atoms with van der Waals surface area (Å²) in [5.74, 6) is -1.69. The third-order valence-corrected chi connectivity index (χ3v) is 7.97. The minimum atomic E-state index is -3.18. The molecule has 3 rings (SSSR count). The van der Waals surface area contributed by atoms with Crippen molar-refractivity contribution in [2.45, 2.75) is 24.1 Å². The van der Waals surface area contributed by atoms with Gasteiger partial charge < -0.3 is 10.0 Å². The number of sulfone groups is 1. The van der Waals surface area contributed by atoms with Crippen molar-refractivity contribution in [2.24, 2.45) is 4.99 Å². The normalized spacial score (nSPS) is 25.5. The van der Waals surface area contributed by atoms with Crippen LogP contribution in [0.15, 0.2) is 23.2 Å². The number of carboxylic acid groups (broad SMARTS) is 1. The summed E-state index contributed by atoms with van der Waals surface area (Å²) in [6.45, 7) is 0. The Hall–Kier alpha value is -1.29. The molecular weight excluding hydrogens is 423 g/mol. The minimum absolute atomic E-state index is 0.00247. The van der Waals surface area contributed by atoms with Crippen molar-refractivity contribution < 1.29 is 23.1 Å². The van der Waals surface area contributed by atoms with Crippen molar-refractivity contribution in [3.8, 4) is 0 Å². The van der Waals surface area contributed by atoms with Gasteiger partial charge in [0, 0.05) is 17.4 Å². The molecule has 0 radical (unpaired) electrons. The van der Waals surface area contributed by atoms with Crippen LogP contribution >= 0.6 is 35.0 Å². The van der Waals surface area contributed by atoms with Gasteiger partial charge in [-0.15, -0.1) is 0 Å². The first kappa shape index (κ1) is 19.5. The number of halogens is 2. The van der Waals surface area contributed by atoms with Crippen LogP contribution in [-0.2, 0) is 19.4 Å². The zero-order chi connectivity index (χ0) is 19.1. The topological polar surface area (TPSA) is 104 Å². The van der Waals surface area contributed by atoms with Crippen LogP contribution in [0, 0.1) is 0 Å². The van der Waals surface area contributed by atoms with Gasteiger partial charge in [-0.05, 0) is 18.2 Å². The molecule has 26 heavy (non-hydrogen) atoms. The molecule has 2 aliphatic heterocycles. The van der Waals surface area contributed by atoms with Crippen LogP contribution in [0.5, 0.6) is 0 Å². The smallest absolute Gasteiger partial charge is 0.303 e. The highest BCUT2D eigenvalue weighted by Crippen LogP contribution is 2.42. The summed E-state index contributed by atoms with van der Waals surface area (Å²) < 4.78 is 24.0. The van der Waals surface area contributed by atoms with Gasteiger partial charge in [0.05, 0.1) is 34.0 Å². The van der Waals surface area contributed by atoms with Gasteiger partial charge in [-0.3, -0.25) is 9.59 Å². The van der Waals surface area contributed by atoms with Gasteiger partial charge in [-0.1, -0.05) is 35.0 Å². The molecule has 2 aliphatic rings. The van der Waals surface area contributed by atoms with Crippen LogP contribution in [0.2, 0.25) is 10.0 Å². The second kappa shape index (κ2) is 7.38. The van der Waals surface area contributed by atoms with E-state index in [2.05, 4.69) is 4.99 Å². The first-order chi connectivity index (χ1) is 12.2. The Morgan fingerprint density at radius 2 is 1.96 bits per heavy atom. The number of hydrogen-bond donors (Lipinski definition) is 1. The molecule has 0 bridgehead atoms. The second-order valence-corrected chi connectivity index (χ2v) is 10.1. The number of thioether (sulfide) groups is 1. The molecule has 1 amide bonds. The number of carbonyl (C=O) groups excluding carboxylic acids is 1. The highest BCUT2D eigenvalue weighted by molar-refractivity contribution is 8.16. The van der Waals surface area contributed by atoms with Crippen molar-refractivity contribution >= 4 is 67.5 Å². The lowest BCUT2D eigenvalue weighted by atomic mass is 10.2. The van der Waals surface area contributed by atoms with Crippen molar-refractivity contribution in [1.82, 2.24) is 0 Å². The number of amidine groups is 1. The van der Waals surface area contributed by atoms with E-state index in [1.54, 1.807) is 23.1 Å². The largest absolute Gasteiger partial charge is 0.481 e. The predicted octanol–water partition coefficient (Wildman–Crippen LogP) is 2.46. The number of aliphatic carboxylic acids is 1. The van der Waals surface area contributed by atoms with Crippen LogP contribution in [0.1, 0.15) is 12.8 Å². The number of carbonyl (C=O) groups is 2. The van der Waals surface area contributed by atoms with E-state index in [1.165, 1.54) is 11.8 Å². The lowest BCUT2D eigenvalue weighted by Crippen LogP contribution is -2.37. The van der Waals surface area contributed by atoms with E-state index in [4.69, 9.17) is 28.3 Å². The molecule has 2 atom stereocenters. The molecule has 0 saturated carbocycles. The Bertz CT molecular complexity index is 903. The van der Waals surface area contributed by atoms with E-state index in [9.17, 15) is 18.0 Å². The molecule has 7 nitrogen and oxygen atoms in total.